The van der Waals surface area contributed by atoms with E-state index in [0.29, 0.717) is 29.6 Å². The molecule has 0 aliphatic carbocycles. The number of thioether (sulfide) groups is 1. The lowest BCUT2D eigenvalue weighted by molar-refractivity contribution is 0.102. The highest BCUT2D eigenvalue weighted by Gasteiger charge is 2.19. The summed E-state index contributed by atoms with van der Waals surface area (Å²) in [6.07, 6.45) is 0. The standard InChI is InChI=1S/C15H17ClN4O2S/c1-19-14(20-6-8-22-9-7-20)17-18-15(19)23-10-13(21)11-2-4-12(16)5-3-11/h2-5H,6-10H2,1H3. The van der Waals surface area contributed by atoms with Crippen LogP contribution in [0, 0.1) is 0 Å². The molecule has 1 aliphatic rings. The molecule has 1 aromatic carbocycles. The van der Waals surface area contributed by atoms with Crippen LogP contribution in [0.4, 0.5) is 5.95 Å². The third kappa shape index (κ3) is 3.85. The number of hydrogen-bond acceptors (Lipinski definition) is 6. The predicted octanol–water partition coefficient (Wildman–Crippen LogP) is 2.28. The summed E-state index contributed by atoms with van der Waals surface area (Å²) in [5.74, 6) is 1.17. The summed E-state index contributed by atoms with van der Waals surface area (Å²) in [7, 11) is 1.92. The predicted molar refractivity (Wildman–Crippen MR) is 90.5 cm³/mol. The monoisotopic (exact) mass is 352 g/mol. The molecule has 2 heterocycles. The van der Waals surface area contributed by atoms with Crippen molar-refractivity contribution < 1.29 is 9.53 Å². The van der Waals surface area contributed by atoms with Gasteiger partial charge < -0.3 is 9.64 Å². The number of rotatable bonds is 5. The number of halogens is 1. The van der Waals surface area contributed by atoms with Gasteiger partial charge in [-0.25, -0.2) is 0 Å². The van der Waals surface area contributed by atoms with Crippen molar-refractivity contribution in [2.45, 2.75) is 5.16 Å². The maximum Gasteiger partial charge on any atom is 0.227 e. The van der Waals surface area contributed by atoms with E-state index in [1.54, 1.807) is 24.3 Å². The van der Waals surface area contributed by atoms with E-state index in [4.69, 9.17) is 16.3 Å². The topological polar surface area (TPSA) is 60.2 Å². The Balaban J connectivity index is 1.63. The Hall–Kier alpha value is -1.57. The number of morpholine rings is 1. The summed E-state index contributed by atoms with van der Waals surface area (Å²) >= 11 is 7.22. The first-order valence-corrected chi connectivity index (χ1v) is 8.65. The second-order valence-electron chi connectivity index (χ2n) is 5.16. The van der Waals surface area contributed by atoms with Crippen LogP contribution in [0.25, 0.3) is 0 Å². The van der Waals surface area contributed by atoms with Gasteiger partial charge in [-0.15, -0.1) is 10.2 Å². The van der Waals surface area contributed by atoms with Gasteiger partial charge in [0.25, 0.3) is 0 Å². The Labute approximate surface area is 143 Å². The molecule has 122 valence electrons. The second kappa shape index (κ2) is 7.33. The molecule has 3 rings (SSSR count). The number of Topliss-reactive ketones (excluding diaryl/α,β-unsaturated/α-hetero) is 1. The van der Waals surface area contributed by atoms with Crippen LogP contribution in [0.5, 0.6) is 0 Å². The normalized spacial score (nSPS) is 15.0. The molecular weight excluding hydrogens is 336 g/mol. The van der Waals surface area contributed by atoms with Crippen molar-refractivity contribution in [3.63, 3.8) is 0 Å². The van der Waals surface area contributed by atoms with E-state index in [1.165, 1.54) is 11.8 Å². The largest absolute Gasteiger partial charge is 0.378 e. The van der Waals surface area contributed by atoms with Gasteiger partial charge in [0.05, 0.1) is 19.0 Å². The number of nitrogens with zero attached hydrogens (tertiary/aromatic N) is 4. The minimum absolute atomic E-state index is 0.0441. The Morgan fingerprint density at radius 3 is 2.65 bits per heavy atom. The van der Waals surface area contributed by atoms with Crippen LogP contribution in [0.3, 0.4) is 0 Å². The first kappa shape index (κ1) is 16.3. The molecule has 6 nitrogen and oxygen atoms in total. The van der Waals surface area contributed by atoms with Gasteiger partial charge in [0.1, 0.15) is 0 Å². The van der Waals surface area contributed by atoms with Crippen molar-refractivity contribution in [2.75, 3.05) is 37.0 Å². The molecule has 0 saturated carbocycles. The molecule has 1 fully saturated rings. The molecule has 1 aromatic heterocycles. The molecule has 8 heteroatoms. The summed E-state index contributed by atoms with van der Waals surface area (Å²) in [5, 5.41) is 9.78. The number of carbonyl (C=O) groups is 1. The molecular formula is C15H17ClN4O2S. The molecule has 0 spiro atoms. The lowest BCUT2D eigenvalue weighted by atomic mass is 10.1. The summed E-state index contributed by atoms with van der Waals surface area (Å²) in [5.41, 5.74) is 0.650. The van der Waals surface area contributed by atoms with Crippen LogP contribution >= 0.6 is 23.4 Å². The lowest BCUT2D eigenvalue weighted by Gasteiger charge is -2.27. The molecule has 1 aliphatic heterocycles. The van der Waals surface area contributed by atoms with Gasteiger partial charge in [-0.05, 0) is 24.3 Å². The fraction of sp³-hybridized carbons (Fsp3) is 0.400. The van der Waals surface area contributed by atoms with Crippen LogP contribution in [0.15, 0.2) is 29.4 Å². The van der Waals surface area contributed by atoms with Crippen molar-refractivity contribution in [1.29, 1.82) is 0 Å². The number of benzene rings is 1. The Kier molecular flexibility index (Phi) is 5.20. The van der Waals surface area contributed by atoms with Gasteiger partial charge in [0, 0.05) is 30.7 Å². The molecule has 0 bridgehead atoms. The summed E-state index contributed by atoms with van der Waals surface area (Å²) in [4.78, 5) is 14.3. The Morgan fingerprint density at radius 1 is 1.26 bits per heavy atom. The van der Waals surface area contributed by atoms with E-state index >= 15 is 0 Å². The van der Waals surface area contributed by atoms with E-state index in [1.807, 2.05) is 11.6 Å². The maximum atomic E-state index is 12.2. The molecule has 0 unspecified atom stereocenters. The van der Waals surface area contributed by atoms with Crippen LogP contribution in [-0.2, 0) is 11.8 Å². The van der Waals surface area contributed by atoms with E-state index in [9.17, 15) is 4.79 Å². The van der Waals surface area contributed by atoms with Crippen molar-refractivity contribution in [1.82, 2.24) is 14.8 Å². The number of carbonyl (C=O) groups excluding carboxylic acids is 1. The van der Waals surface area contributed by atoms with E-state index in [2.05, 4.69) is 15.1 Å². The molecule has 0 radical (unpaired) electrons. The lowest BCUT2D eigenvalue weighted by Crippen LogP contribution is -2.37. The van der Waals surface area contributed by atoms with Crippen LogP contribution in [-0.4, -0.2) is 52.6 Å². The van der Waals surface area contributed by atoms with E-state index < -0.39 is 0 Å². The fourth-order valence-corrected chi connectivity index (χ4v) is 3.25. The average Bonchev–Trinajstić information content (AvgIpc) is 2.95. The van der Waals surface area contributed by atoms with Gasteiger partial charge in [-0.2, -0.15) is 0 Å². The fourth-order valence-electron chi connectivity index (χ4n) is 2.32. The number of hydrogen-bond donors (Lipinski definition) is 0. The van der Waals surface area contributed by atoms with Crippen molar-refractivity contribution >= 4 is 35.1 Å². The highest BCUT2D eigenvalue weighted by Crippen LogP contribution is 2.22. The third-order valence-electron chi connectivity index (χ3n) is 3.60. The number of anilines is 1. The zero-order chi connectivity index (χ0) is 16.2. The second-order valence-corrected chi connectivity index (χ2v) is 6.54. The van der Waals surface area contributed by atoms with E-state index in [0.717, 1.165) is 24.2 Å². The van der Waals surface area contributed by atoms with Crippen molar-refractivity contribution in [3.8, 4) is 0 Å². The quantitative estimate of drug-likeness (QED) is 0.607. The maximum absolute atomic E-state index is 12.2. The van der Waals surface area contributed by atoms with Crippen LogP contribution in [0.2, 0.25) is 5.02 Å². The van der Waals surface area contributed by atoms with Gasteiger partial charge in [0.15, 0.2) is 10.9 Å². The van der Waals surface area contributed by atoms with Crippen LogP contribution in [0.1, 0.15) is 10.4 Å². The smallest absolute Gasteiger partial charge is 0.227 e. The Bertz CT molecular complexity index is 683. The van der Waals surface area contributed by atoms with Gasteiger partial charge in [-0.3, -0.25) is 9.36 Å². The molecule has 2 aromatic rings. The zero-order valence-electron chi connectivity index (χ0n) is 12.7. The van der Waals surface area contributed by atoms with Gasteiger partial charge >= 0.3 is 0 Å². The molecule has 0 amide bonds. The van der Waals surface area contributed by atoms with Crippen molar-refractivity contribution in [3.05, 3.63) is 34.9 Å². The first-order chi connectivity index (χ1) is 11.1. The number of ketones is 1. The SMILES string of the molecule is Cn1c(SCC(=O)c2ccc(Cl)cc2)nnc1N1CCOCC1. The summed E-state index contributed by atoms with van der Waals surface area (Å²) in [6.45, 7) is 3.01. The minimum atomic E-state index is 0.0441. The van der Waals surface area contributed by atoms with E-state index in [-0.39, 0.29) is 5.78 Å². The average molecular weight is 353 g/mol. The number of ether oxygens (including phenoxy) is 1. The van der Waals surface area contributed by atoms with Gasteiger partial charge in [0.2, 0.25) is 5.95 Å². The Morgan fingerprint density at radius 2 is 1.96 bits per heavy atom. The summed E-state index contributed by atoms with van der Waals surface area (Å²) < 4.78 is 7.27. The van der Waals surface area contributed by atoms with Crippen molar-refractivity contribution in [2.24, 2.45) is 7.05 Å². The highest BCUT2D eigenvalue weighted by molar-refractivity contribution is 7.99. The minimum Gasteiger partial charge on any atom is -0.378 e. The van der Waals surface area contributed by atoms with Gasteiger partial charge in [-0.1, -0.05) is 23.4 Å². The molecule has 0 N–H and O–H groups in total. The molecule has 0 atom stereocenters. The highest BCUT2D eigenvalue weighted by atomic mass is 35.5. The third-order valence-corrected chi connectivity index (χ3v) is 4.88. The first-order valence-electron chi connectivity index (χ1n) is 7.29. The zero-order valence-corrected chi connectivity index (χ0v) is 14.3. The number of aromatic nitrogens is 3. The van der Waals surface area contributed by atoms with Crippen LogP contribution < -0.4 is 4.90 Å². The summed E-state index contributed by atoms with van der Waals surface area (Å²) in [6, 6.07) is 6.92. The molecule has 1 saturated heterocycles. The molecule has 23 heavy (non-hydrogen) atoms.